The van der Waals surface area contributed by atoms with Crippen LogP contribution in [0.1, 0.15) is 44.1 Å². The fraction of sp³-hybridized carbons (Fsp3) is 0.579. The molecule has 0 unspecified atom stereocenters. The topological polar surface area (TPSA) is 50.7 Å². The van der Waals surface area contributed by atoms with Crippen LogP contribution in [0.5, 0.6) is 0 Å². The Labute approximate surface area is 151 Å². The molecule has 0 aliphatic heterocycles. The van der Waals surface area contributed by atoms with Crippen molar-refractivity contribution in [3.05, 3.63) is 34.3 Å². The molecule has 4 aliphatic carbocycles. The van der Waals surface area contributed by atoms with Crippen molar-refractivity contribution in [1.82, 2.24) is 5.32 Å². The number of hydrogen-bond acceptors (Lipinski definition) is 3. The van der Waals surface area contributed by atoms with Gasteiger partial charge in [0.2, 0.25) is 0 Å². The molecule has 5 rings (SSSR count). The van der Waals surface area contributed by atoms with E-state index in [-0.39, 0.29) is 18.1 Å². The van der Waals surface area contributed by atoms with Gasteiger partial charge in [-0.2, -0.15) is 0 Å². The van der Waals surface area contributed by atoms with Gasteiger partial charge in [0, 0.05) is 10.0 Å². The molecule has 24 heavy (non-hydrogen) atoms. The van der Waals surface area contributed by atoms with Crippen molar-refractivity contribution < 1.29 is 9.63 Å². The minimum Gasteiger partial charge on any atom is -0.386 e. The van der Waals surface area contributed by atoms with Crippen molar-refractivity contribution in [2.24, 2.45) is 22.9 Å². The van der Waals surface area contributed by atoms with E-state index in [0.29, 0.717) is 0 Å². The molecule has 4 fully saturated rings. The number of nitrogens with zero attached hydrogens (tertiary/aromatic N) is 1. The molecule has 4 nitrogen and oxygen atoms in total. The van der Waals surface area contributed by atoms with Gasteiger partial charge >= 0.3 is 0 Å². The minimum atomic E-state index is -0.0371. The van der Waals surface area contributed by atoms with Crippen molar-refractivity contribution in [1.29, 1.82) is 0 Å². The SMILES string of the molecule is O=C(CO/N=C\c1ccc(Br)cc1)NC12CC3CC(CC(C3)C1)C2. The number of benzene rings is 1. The monoisotopic (exact) mass is 390 g/mol. The third-order valence-electron chi connectivity index (χ3n) is 5.78. The summed E-state index contributed by atoms with van der Waals surface area (Å²) in [6.07, 6.45) is 9.24. The third kappa shape index (κ3) is 3.51. The van der Waals surface area contributed by atoms with Gasteiger partial charge in [-0.15, -0.1) is 0 Å². The van der Waals surface area contributed by atoms with Crippen LogP contribution in [0.2, 0.25) is 0 Å². The van der Waals surface area contributed by atoms with Crippen LogP contribution in [-0.2, 0) is 9.63 Å². The van der Waals surface area contributed by atoms with Gasteiger partial charge in [-0.1, -0.05) is 33.2 Å². The first-order valence-corrected chi connectivity index (χ1v) is 9.61. The lowest BCUT2D eigenvalue weighted by Crippen LogP contribution is -2.60. The summed E-state index contributed by atoms with van der Waals surface area (Å²) >= 11 is 3.39. The van der Waals surface area contributed by atoms with E-state index in [1.807, 2.05) is 24.3 Å². The summed E-state index contributed by atoms with van der Waals surface area (Å²) in [5, 5.41) is 7.19. The average Bonchev–Trinajstić information content (AvgIpc) is 2.51. The molecule has 5 heteroatoms. The molecule has 4 saturated carbocycles. The van der Waals surface area contributed by atoms with Crippen LogP contribution in [0.3, 0.4) is 0 Å². The van der Waals surface area contributed by atoms with E-state index >= 15 is 0 Å². The molecular formula is C19H23BrN2O2. The third-order valence-corrected chi connectivity index (χ3v) is 6.31. The Kier molecular flexibility index (Phi) is 4.37. The molecule has 4 bridgehead atoms. The summed E-state index contributed by atoms with van der Waals surface area (Å²) in [6, 6.07) is 7.76. The number of oxime groups is 1. The first-order valence-electron chi connectivity index (χ1n) is 8.82. The van der Waals surface area contributed by atoms with Gasteiger partial charge < -0.3 is 10.2 Å². The van der Waals surface area contributed by atoms with Gasteiger partial charge in [-0.05, 0) is 74.0 Å². The molecule has 4 aliphatic rings. The number of nitrogens with one attached hydrogen (secondary N) is 1. The average molecular weight is 391 g/mol. The molecule has 0 atom stereocenters. The second-order valence-corrected chi connectivity index (χ2v) is 8.72. The lowest BCUT2D eigenvalue weighted by atomic mass is 9.53. The summed E-state index contributed by atoms with van der Waals surface area (Å²) < 4.78 is 1.02. The van der Waals surface area contributed by atoms with Crippen LogP contribution >= 0.6 is 15.9 Å². The predicted molar refractivity (Wildman–Crippen MR) is 96.7 cm³/mol. The van der Waals surface area contributed by atoms with Gasteiger partial charge in [0.05, 0.1) is 6.21 Å². The molecule has 0 spiro atoms. The number of carbonyl (C=O) groups is 1. The van der Waals surface area contributed by atoms with E-state index < -0.39 is 0 Å². The van der Waals surface area contributed by atoms with Gasteiger partial charge in [0.1, 0.15) is 0 Å². The summed E-state index contributed by atoms with van der Waals surface area (Å²) in [4.78, 5) is 17.5. The molecule has 1 N–H and O–H groups in total. The Morgan fingerprint density at radius 3 is 2.33 bits per heavy atom. The number of halogens is 1. The van der Waals surface area contributed by atoms with Gasteiger partial charge in [-0.3, -0.25) is 4.79 Å². The fourth-order valence-corrected chi connectivity index (χ4v) is 5.60. The highest BCUT2D eigenvalue weighted by Crippen LogP contribution is 2.55. The first kappa shape index (κ1) is 16.1. The summed E-state index contributed by atoms with van der Waals surface area (Å²) in [5.41, 5.74) is 0.990. The van der Waals surface area contributed by atoms with E-state index in [4.69, 9.17) is 4.84 Å². The highest BCUT2D eigenvalue weighted by atomic mass is 79.9. The second-order valence-electron chi connectivity index (χ2n) is 7.81. The normalized spacial score (nSPS) is 33.8. The Hall–Kier alpha value is -1.36. The largest absolute Gasteiger partial charge is 0.386 e. The Balaban J connectivity index is 1.27. The summed E-state index contributed by atoms with van der Waals surface area (Å²) in [7, 11) is 0. The van der Waals surface area contributed by atoms with Gasteiger partial charge in [0.15, 0.2) is 6.61 Å². The van der Waals surface area contributed by atoms with E-state index in [1.54, 1.807) is 6.21 Å². The molecular weight excluding hydrogens is 368 g/mol. The van der Waals surface area contributed by atoms with Crippen molar-refractivity contribution in [2.45, 2.75) is 44.1 Å². The maximum atomic E-state index is 12.3. The fourth-order valence-electron chi connectivity index (χ4n) is 5.34. The lowest BCUT2D eigenvalue weighted by molar-refractivity contribution is -0.131. The Morgan fingerprint density at radius 1 is 1.17 bits per heavy atom. The van der Waals surface area contributed by atoms with E-state index in [1.165, 1.54) is 19.3 Å². The zero-order chi connectivity index (χ0) is 16.6. The second kappa shape index (κ2) is 6.51. The van der Waals surface area contributed by atoms with Crippen LogP contribution in [0, 0.1) is 17.8 Å². The molecule has 1 amide bonds. The Bertz CT molecular complexity index is 606. The van der Waals surface area contributed by atoms with Crippen LogP contribution in [0.4, 0.5) is 0 Å². The highest BCUT2D eigenvalue weighted by molar-refractivity contribution is 9.10. The maximum absolute atomic E-state index is 12.3. The van der Waals surface area contributed by atoms with Gasteiger partial charge in [0.25, 0.3) is 5.91 Å². The number of rotatable bonds is 5. The molecule has 0 aromatic heterocycles. The van der Waals surface area contributed by atoms with Crippen molar-refractivity contribution in [3.63, 3.8) is 0 Å². The Morgan fingerprint density at radius 2 is 1.75 bits per heavy atom. The van der Waals surface area contributed by atoms with Crippen molar-refractivity contribution in [2.75, 3.05) is 6.61 Å². The molecule has 1 aromatic carbocycles. The van der Waals surface area contributed by atoms with E-state index in [2.05, 4.69) is 26.4 Å². The predicted octanol–water partition coefficient (Wildman–Crippen LogP) is 3.88. The molecule has 128 valence electrons. The number of amides is 1. The molecule has 0 heterocycles. The van der Waals surface area contributed by atoms with Crippen molar-refractivity contribution in [3.8, 4) is 0 Å². The van der Waals surface area contributed by atoms with Crippen molar-refractivity contribution >= 4 is 28.1 Å². The first-order chi connectivity index (χ1) is 11.6. The van der Waals surface area contributed by atoms with E-state index in [9.17, 15) is 4.79 Å². The van der Waals surface area contributed by atoms with Crippen LogP contribution in [-0.4, -0.2) is 24.3 Å². The molecule has 0 saturated heterocycles. The van der Waals surface area contributed by atoms with Crippen LogP contribution in [0.15, 0.2) is 33.9 Å². The molecule has 1 aromatic rings. The highest BCUT2D eigenvalue weighted by Gasteiger charge is 2.51. The van der Waals surface area contributed by atoms with E-state index in [0.717, 1.165) is 47.1 Å². The quantitative estimate of drug-likeness (QED) is 0.612. The smallest absolute Gasteiger partial charge is 0.261 e. The maximum Gasteiger partial charge on any atom is 0.261 e. The zero-order valence-corrected chi connectivity index (χ0v) is 15.3. The lowest BCUT2D eigenvalue weighted by Gasteiger charge is -2.56. The minimum absolute atomic E-state index is 0.00518. The van der Waals surface area contributed by atoms with Crippen LogP contribution in [0.25, 0.3) is 0 Å². The summed E-state index contributed by atoms with van der Waals surface area (Å²) in [5.74, 6) is 2.44. The summed E-state index contributed by atoms with van der Waals surface area (Å²) in [6.45, 7) is -0.00518. The zero-order valence-electron chi connectivity index (χ0n) is 13.7. The number of carbonyl (C=O) groups excluding carboxylic acids is 1. The standard InChI is InChI=1S/C19H23BrN2O2/c20-17-3-1-13(2-4-17)11-21-24-12-18(23)22-19-8-14-5-15(9-19)7-16(6-14)10-19/h1-4,11,14-16H,5-10,12H2,(H,22,23)/b21-11-. The van der Waals surface area contributed by atoms with Gasteiger partial charge in [-0.25, -0.2) is 0 Å². The van der Waals surface area contributed by atoms with Crippen LogP contribution < -0.4 is 5.32 Å². The number of hydrogen-bond donors (Lipinski definition) is 1. The molecule has 0 radical (unpaired) electrons.